The van der Waals surface area contributed by atoms with Gasteiger partial charge >= 0.3 is 23.9 Å². The van der Waals surface area contributed by atoms with Crippen molar-refractivity contribution in [2.24, 2.45) is 11.8 Å². The number of carbonyl (C=O) groups is 4. The molecule has 2 atom stereocenters. The van der Waals surface area contributed by atoms with Crippen LogP contribution in [0.25, 0.3) is 0 Å². The third-order valence-electron chi connectivity index (χ3n) is 4.49. The van der Waals surface area contributed by atoms with Gasteiger partial charge in [0.05, 0.1) is 40.3 Å². The number of methoxy groups -OCH3 is 4. The molecule has 0 aliphatic rings. The van der Waals surface area contributed by atoms with Crippen LogP contribution in [0.15, 0.2) is 0 Å². The van der Waals surface area contributed by atoms with Crippen LogP contribution in [-0.2, 0) is 38.1 Å². The summed E-state index contributed by atoms with van der Waals surface area (Å²) in [6, 6.07) is 0. The lowest BCUT2D eigenvalue weighted by molar-refractivity contribution is -0.158. The molecule has 0 aliphatic carbocycles. The van der Waals surface area contributed by atoms with E-state index >= 15 is 0 Å². The maximum absolute atomic E-state index is 12.2. The zero-order valence-corrected chi connectivity index (χ0v) is 16.8. The second-order valence-corrected chi connectivity index (χ2v) is 6.26. The second kappa shape index (κ2) is 15.0. The zero-order valence-electron chi connectivity index (χ0n) is 16.8. The third-order valence-corrected chi connectivity index (χ3v) is 4.49. The van der Waals surface area contributed by atoms with Crippen molar-refractivity contribution >= 4 is 23.9 Å². The van der Waals surface area contributed by atoms with Crippen LogP contribution in [0.3, 0.4) is 0 Å². The highest BCUT2D eigenvalue weighted by atomic mass is 16.5. The molecule has 0 fully saturated rings. The van der Waals surface area contributed by atoms with Gasteiger partial charge < -0.3 is 18.9 Å². The molecule has 0 saturated heterocycles. The van der Waals surface area contributed by atoms with Gasteiger partial charge in [-0.1, -0.05) is 19.3 Å². The first kappa shape index (κ1) is 24.9. The molecular formula is C19H32O8. The SMILES string of the molecule is COC(=O)CCCCCCC(C(=O)OC)C(CCCC(=O)OC)C(=O)OC. The number of hydrogen-bond donors (Lipinski definition) is 0. The normalized spacial score (nSPS) is 12.6. The molecule has 0 N–H and O–H groups in total. The summed E-state index contributed by atoms with van der Waals surface area (Å²) in [7, 11) is 5.22. The van der Waals surface area contributed by atoms with Gasteiger partial charge in [-0.05, 0) is 25.7 Å². The number of carbonyl (C=O) groups excluding carboxylic acids is 4. The van der Waals surface area contributed by atoms with Gasteiger partial charge in [-0.25, -0.2) is 0 Å². The van der Waals surface area contributed by atoms with Crippen molar-refractivity contribution in [3.05, 3.63) is 0 Å². The molecule has 0 heterocycles. The summed E-state index contributed by atoms with van der Waals surface area (Å²) in [6.07, 6.45) is 4.85. The highest BCUT2D eigenvalue weighted by Crippen LogP contribution is 2.27. The molecular weight excluding hydrogens is 356 g/mol. The van der Waals surface area contributed by atoms with Crippen LogP contribution in [0.5, 0.6) is 0 Å². The summed E-state index contributed by atoms with van der Waals surface area (Å²) >= 11 is 0. The van der Waals surface area contributed by atoms with Crippen molar-refractivity contribution in [3.63, 3.8) is 0 Å². The molecule has 0 bridgehead atoms. The third kappa shape index (κ3) is 10.6. The molecule has 0 aliphatic heterocycles. The lowest BCUT2D eigenvalue weighted by Gasteiger charge is -2.23. The Labute approximate surface area is 160 Å². The van der Waals surface area contributed by atoms with Crippen molar-refractivity contribution in [3.8, 4) is 0 Å². The quantitative estimate of drug-likeness (QED) is 0.254. The minimum absolute atomic E-state index is 0.172. The van der Waals surface area contributed by atoms with Gasteiger partial charge in [0.2, 0.25) is 0 Å². The van der Waals surface area contributed by atoms with Gasteiger partial charge in [0.25, 0.3) is 0 Å². The molecule has 8 heteroatoms. The van der Waals surface area contributed by atoms with Gasteiger partial charge in [0.15, 0.2) is 0 Å². The fraction of sp³-hybridized carbons (Fsp3) is 0.789. The maximum Gasteiger partial charge on any atom is 0.309 e. The molecule has 0 aromatic carbocycles. The van der Waals surface area contributed by atoms with E-state index in [9.17, 15) is 19.2 Å². The van der Waals surface area contributed by atoms with Crippen LogP contribution >= 0.6 is 0 Å². The number of rotatable bonds is 14. The lowest BCUT2D eigenvalue weighted by Crippen LogP contribution is -2.32. The van der Waals surface area contributed by atoms with Gasteiger partial charge in [0.1, 0.15) is 0 Å². The van der Waals surface area contributed by atoms with Crippen molar-refractivity contribution in [1.29, 1.82) is 0 Å². The minimum Gasteiger partial charge on any atom is -0.469 e. The highest BCUT2D eigenvalue weighted by Gasteiger charge is 2.34. The second-order valence-electron chi connectivity index (χ2n) is 6.26. The number of esters is 4. The van der Waals surface area contributed by atoms with E-state index in [-0.39, 0.29) is 18.4 Å². The molecule has 27 heavy (non-hydrogen) atoms. The Balaban J connectivity index is 4.67. The van der Waals surface area contributed by atoms with Crippen molar-refractivity contribution in [2.75, 3.05) is 28.4 Å². The summed E-state index contributed by atoms with van der Waals surface area (Å²) in [5, 5.41) is 0. The highest BCUT2D eigenvalue weighted by molar-refractivity contribution is 5.82. The van der Waals surface area contributed by atoms with Gasteiger partial charge in [-0.2, -0.15) is 0 Å². The minimum atomic E-state index is -0.665. The molecule has 0 saturated carbocycles. The summed E-state index contributed by atoms with van der Waals surface area (Å²) in [4.78, 5) is 46.7. The van der Waals surface area contributed by atoms with Gasteiger partial charge in [-0.15, -0.1) is 0 Å². The number of ether oxygens (including phenoxy) is 4. The Morgan fingerprint density at radius 2 is 0.963 bits per heavy atom. The molecule has 0 rings (SSSR count). The van der Waals surface area contributed by atoms with Crippen LogP contribution in [0.2, 0.25) is 0 Å². The number of hydrogen-bond acceptors (Lipinski definition) is 8. The van der Waals surface area contributed by atoms with Crippen LogP contribution < -0.4 is 0 Å². The van der Waals surface area contributed by atoms with Crippen molar-refractivity contribution in [2.45, 2.75) is 57.8 Å². The predicted molar refractivity (Wildman–Crippen MR) is 96.6 cm³/mol. The Hall–Kier alpha value is -2.12. The van der Waals surface area contributed by atoms with Crippen LogP contribution in [-0.4, -0.2) is 52.3 Å². The van der Waals surface area contributed by atoms with Gasteiger partial charge in [0, 0.05) is 12.8 Å². The Bertz CT molecular complexity index is 474. The van der Waals surface area contributed by atoms with Gasteiger partial charge in [-0.3, -0.25) is 19.2 Å². The van der Waals surface area contributed by atoms with Crippen molar-refractivity contribution in [1.82, 2.24) is 0 Å². The van der Waals surface area contributed by atoms with E-state index in [0.29, 0.717) is 32.1 Å². The first-order valence-electron chi connectivity index (χ1n) is 9.20. The Kier molecular flexibility index (Phi) is 13.8. The average molecular weight is 388 g/mol. The Morgan fingerprint density at radius 1 is 0.556 bits per heavy atom. The number of unbranched alkanes of at least 4 members (excludes halogenated alkanes) is 3. The van der Waals surface area contributed by atoms with Crippen LogP contribution in [0.4, 0.5) is 0 Å². The first-order valence-corrected chi connectivity index (χ1v) is 9.20. The summed E-state index contributed by atoms with van der Waals surface area (Å²) in [6.45, 7) is 0. The van der Waals surface area contributed by atoms with E-state index in [1.165, 1.54) is 28.4 Å². The zero-order chi connectivity index (χ0) is 20.7. The molecule has 0 amide bonds. The molecule has 0 radical (unpaired) electrons. The van der Waals surface area contributed by atoms with E-state index in [0.717, 1.165) is 19.3 Å². The first-order chi connectivity index (χ1) is 12.9. The molecule has 8 nitrogen and oxygen atoms in total. The molecule has 0 spiro atoms. The van der Waals surface area contributed by atoms with Crippen LogP contribution in [0.1, 0.15) is 57.8 Å². The standard InChI is InChI=1S/C19H32O8/c1-24-16(20)12-8-6-5-7-10-14(18(22)26-3)15(19(23)27-4)11-9-13-17(21)25-2/h14-15H,5-13H2,1-4H3. The van der Waals surface area contributed by atoms with Crippen LogP contribution in [0, 0.1) is 11.8 Å². The average Bonchev–Trinajstić information content (AvgIpc) is 2.69. The Morgan fingerprint density at radius 3 is 1.41 bits per heavy atom. The monoisotopic (exact) mass is 388 g/mol. The van der Waals surface area contributed by atoms with E-state index in [1.54, 1.807) is 0 Å². The smallest absolute Gasteiger partial charge is 0.309 e. The maximum atomic E-state index is 12.2. The summed E-state index contributed by atoms with van der Waals surface area (Å²) < 4.78 is 18.9. The summed E-state index contributed by atoms with van der Waals surface area (Å²) in [5.41, 5.74) is 0. The summed E-state index contributed by atoms with van der Waals surface area (Å²) in [5.74, 6) is -2.83. The predicted octanol–water partition coefficient (Wildman–Crippen LogP) is 2.42. The van der Waals surface area contributed by atoms with E-state index in [1.807, 2.05) is 0 Å². The fourth-order valence-electron chi connectivity index (χ4n) is 2.93. The van der Waals surface area contributed by atoms with E-state index in [4.69, 9.17) is 9.47 Å². The molecule has 0 aromatic heterocycles. The molecule has 156 valence electrons. The molecule has 2 unspecified atom stereocenters. The molecule has 0 aromatic rings. The van der Waals surface area contributed by atoms with E-state index < -0.39 is 23.8 Å². The largest absolute Gasteiger partial charge is 0.469 e. The lowest BCUT2D eigenvalue weighted by atomic mass is 9.84. The topological polar surface area (TPSA) is 105 Å². The van der Waals surface area contributed by atoms with E-state index in [2.05, 4.69) is 9.47 Å². The fourth-order valence-corrected chi connectivity index (χ4v) is 2.93. The van der Waals surface area contributed by atoms with Crippen molar-refractivity contribution < 1.29 is 38.1 Å².